The highest BCUT2D eigenvalue weighted by Gasteiger charge is 2.24. The zero-order chi connectivity index (χ0) is 21.0. The zero-order valence-electron chi connectivity index (χ0n) is 18.3. The lowest BCUT2D eigenvalue weighted by Gasteiger charge is -2.26. The molecular formula is C10H38O9Si8. The first-order valence-electron chi connectivity index (χ1n) is 9.21. The van der Waals surface area contributed by atoms with Gasteiger partial charge in [0.15, 0.2) is 0 Å². The Bertz CT molecular complexity index is 344. The maximum absolute atomic E-state index is 6.02. The van der Waals surface area contributed by atoms with Gasteiger partial charge in [-0.25, -0.2) is 0 Å². The van der Waals surface area contributed by atoms with Crippen LogP contribution in [0.2, 0.25) is 52.4 Å². The van der Waals surface area contributed by atoms with E-state index in [1.807, 2.05) is 52.4 Å². The van der Waals surface area contributed by atoms with Crippen LogP contribution in [0.4, 0.5) is 0 Å². The third kappa shape index (κ3) is 15.8. The Hall–Kier alpha value is 1.38. The van der Waals surface area contributed by atoms with E-state index in [4.69, 9.17) is 37.7 Å². The molecule has 0 fully saturated rings. The lowest BCUT2D eigenvalue weighted by atomic mass is 11.8. The molecule has 0 aromatic carbocycles. The van der Waals surface area contributed by atoms with E-state index in [-0.39, 0.29) is 0 Å². The van der Waals surface area contributed by atoms with Gasteiger partial charge in [-0.2, -0.15) is 0 Å². The molecule has 8 unspecified atom stereocenters. The molecule has 0 saturated carbocycles. The average Bonchev–Trinajstić information content (AvgIpc) is 2.52. The van der Waals surface area contributed by atoms with Gasteiger partial charge in [-0.05, 0) is 52.4 Å². The van der Waals surface area contributed by atoms with Crippen molar-refractivity contribution < 1.29 is 37.7 Å². The molecule has 0 bridgehead atoms. The van der Waals surface area contributed by atoms with Gasteiger partial charge in [0, 0.05) is 14.2 Å². The highest BCUT2D eigenvalue weighted by molar-refractivity contribution is 6.71. The van der Waals surface area contributed by atoms with Gasteiger partial charge in [0.2, 0.25) is 0 Å². The third-order valence-corrected chi connectivity index (χ3v) is 26.1. The maximum Gasteiger partial charge on any atom is 0.308 e. The largest absolute Gasteiger partial charge is 0.420 e. The van der Waals surface area contributed by atoms with Crippen LogP contribution in [-0.4, -0.2) is 88.5 Å². The topological polar surface area (TPSA) is 83.1 Å². The van der Waals surface area contributed by atoms with E-state index in [0.29, 0.717) is 0 Å². The standard InChI is InChI=1S/C10H38O9Si8/c1-11-20(3)13-22(5)15-24(7)17-26(9)19-27(10)18-25(8)16-23(6)14-21(4)12-2/h20-27H,1-10H3. The first kappa shape index (κ1) is 28.4. The molecule has 0 aliphatic carbocycles. The Morgan fingerprint density at radius 3 is 0.593 bits per heavy atom. The van der Waals surface area contributed by atoms with Crippen molar-refractivity contribution in [1.29, 1.82) is 0 Å². The van der Waals surface area contributed by atoms with Crippen LogP contribution in [0.3, 0.4) is 0 Å². The highest BCUT2D eigenvalue weighted by Crippen LogP contribution is 2.05. The Morgan fingerprint density at radius 2 is 0.444 bits per heavy atom. The van der Waals surface area contributed by atoms with Crippen molar-refractivity contribution in [3.05, 3.63) is 0 Å². The van der Waals surface area contributed by atoms with Crippen molar-refractivity contribution in [3.63, 3.8) is 0 Å². The van der Waals surface area contributed by atoms with E-state index >= 15 is 0 Å². The molecule has 27 heavy (non-hydrogen) atoms. The summed E-state index contributed by atoms with van der Waals surface area (Å²) in [5.74, 6) is 0. The van der Waals surface area contributed by atoms with Crippen LogP contribution in [0.5, 0.6) is 0 Å². The van der Waals surface area contributed by atoms with E-state index in [2.05, 4.69) is 0 Å². The second-order valence-corrected chi connectivity index (χ2v) is 23.6. The molecule has 0 aliphatic rings. The molecule has 0 rings (SSSR count). The van der Waals surface area contributed by atoms with Gasteiger partial charge >= 0.3 is 18.6 Å². The van der Waals surface area contributed by atoms with Crippen molar-refractivity contribution in [1.82, 2.24) is 0 Å². The van der Waals surface area contributed by atoms with Crippen LogP contribution < -0.4 is 0 Å². The molecule has 0 amide bonds. The molecule has 0 spiro atoms. The summed E-state index contributed by atoms with van der Waals surface area (Å²) < 4.78 is 51.9. The van der Waals surface area contributed by atoms with Crippen LogP contribution >= 0.6 is 0 Å². The Morgan fingerprint density at radius 1 is 0.296 bits per heavy atom. The molecular weight excluding hydrogens is 489 g/mol. The maximum atomic E-state index is 6.02. The summed E-state index contributed by atoms with van der Waals surface area (Å²) >= 11 is 0. The number of rotatable bonds is 16. The Balaban J connectivity index is 4.09. The monoisotopic (exact) mass is 526 g/mol. The lowest BCUT2D eigenvalue weighted by Crippen LogP contribution is -2.42. The summed E-state index contributed by atoms with van der Waals surface area (Å²) in [6.07, 6.45) is 0. The summed E-state index contributed by atoms with van der Waals surface area (Å²) in [6.45, 7) is 16.0. The molecule has 17 heteroatoms. The summed E-state index contributed by atoms with van der Waals surface area (Å²) in [6, 6.07) is 0. The van der Waals surface area contributed by atoms with Crippen LogP contribution in [0, 0.1) is 0 Å². The molecule has 0 heterocycles. The smallest absolute Gasteiger partial charge is 0.308 e. The van der Waals surface area contributed by atoms with Crippen LogP contribution in [0.1, 0.15) is 0 Å². The van der Waals surface area contributed by atoms with Gasteiger partial charge in [-0.1, -0.05) is 0 Å². The second kappa shape index (κ2) is 16.1. The van der Waals surface area contributed by atoms with Gasteiger partial charge in [0.1, 0.15) is 0 Å². The SMILES string of the molecule is CO[SiH](C)O[SiH](C)O[SiH](C)O[SiH](C)O[SiH](C)O[SiH](C)O[SiH](C)O[SiH](C)OC. The molecule has 0 saturated heterocycles. The summed E-state index contributed by atoms with van der Waals surface area (Å²) in [4.78, 5) is 0. The van der Waals surface area contributed by atoms with Crippen LogP contribution in [0.25, 0.3) is 0 Å². The van der Waals surface area contributed by atoms with Gasteiger partial charge in [0.25, 0.3) is 55.7 Å². The molecule has 0 aliphatic heterocycles. The van der Waals surface area contributed by atoms with Gasteiger partial charge < -0.3 is 37.7 Å². The van der Waals surface area contributed by atoms with Crippen molar-refractivity contribution in [2.75, 3.05) is 14.2 Å². The molecule has 9 nitrogen and oxygen atoms in total. The quantitative estimate of drug-likeness (QED) is 0.240. The average molecular weight is 527 g/mol. The summed E-state index contributed by atoms with van der Waals surface area (Å²) in [5, 5.41) is 0. The summed E-state index contributed by atoms with van der Waals surface area (Å²) in [5.41, 5.74) is 0. The van der Waals surface area contributed by atoms with E-state index in [0.717, 1.165) is 0 Å². The van der Waals surface area contributed by atoms with Crippen molar-refractivity contribution in [2.24, 2.45) is 0 Å². The van der Waals surface area contributed by atoms with Gasteiger partial charge in [0.05, 0.1) is 0 Å². The third-order valence-electron chi connectivity index (χ3n) is 3.35. The molecule has 0 radical (unpaired) electrons. The normalized spacial score (nSPS) is 21.1. The predicted octanol–water partition coefficient (Wildman–Crippen LogP) is -0.802. The van der Waals surface area contributed by atoms with Gasteiger partial charge in [-0.15, -0.1) is 0 Å². The molecule has 164 valence electrons. The highest BCUT2D eigenvalue weighted by atomic mass is 28.5. The fourth-order valence-corrected chi connectivity index (χ4v) is 23.2. The molecule has 8 atom stereocenters. The van der Waals surface area contributed by atoms with Crippen LogP contribution in [0.15, 0.2) is 0 Å². The molecule has 0 aromatic heterocycles. The number of hydrogen-bond donors (Lipinski definition) is 0. The van der Waals surface area contributed by atoms with Crippen LogP contribution in [-0.2, 0) is 37.7 Å². The minimum Gasteiger partial charge on any atom is -0.420 e. The Kier molecular flexibility index (Phi) is 16.9. The van der Waals surface area contributed by atoms with Gasteiger partial charge in [-0.3, -0.25) is 0 Å². The molecule has 0 aromatic rings. The van der Waals surface area contributed by atoms with E-state index in [1.54, 1.807) is 14.2 Å². The Labute approximate surface area is 178 Å². The first-order valence-corrected chi connectivity index (χ1v) is 26.0. The van der Waals surface area contributed by atoms with Crippen molar-refractivity contribution in [2.45, 2.75) is 52.4 Å². The number of hydrogen-bond acceptors (Lipinski definition) is 9. The van der Waals surface area contributed by atoms with Crippen molar-refractivity contribution >= 4 is 74.3 Å². The fourth-order valence-electron chi connectivity index (χ4n) is 2.19. The minimum atomic E-state index is -1.79. The first-order chi connectivity index (χ1) is 12.6. The fraction of sp³-hybridized carbons (Fsp3) is 1.00. The lowest BCUT2D eigenvalue weighted by molar-refractivity contribution is 0.294. The second-order valence-electron chi connectivity index (χ2n) is 5.97. The van der Waals surface area contributed by atoms with E-state index in [9.17, 15) is 0 Å². The van der Waals surface area contributed by atoms with E-state index < -0.39 is 74.3 Å². The van der Waals surface area contributed by atoms with Crippen molar-refractivity contribution in [3.8, 4) is 0 Å². The zero-order valence-corrected chi connectivity index (χ0v) is 27.5. The predicted molar refractivity (Wildman–Crippen MR) is 126 cm³/mol. The van der Waals surface area contributed by atoms with E-state index in [1.165, 1.54) is 0 Å². The summed E-state index contributed by atoms with van der Waals surface area (Å²) in [7, 11) is -10.2. The minimum absolute atomic E-state index is 1.55. The molecule has 0 N–H and O–H groups in total.